The van der Waals surface area contributed by atoms with Gasteiger partial charge in [-0.1, -0.05) is 42.3 Å². The first-order valence-electron chi connectivity index (χ1n) is 5.77. The van der Waals surface area contributed by atoms with Crippen molar-refractivity contribution in [1.29, 1.82) is 0 Å². The topological polar surface area (TPSA) is 30.7 Å². The molecular weight excluding hydrogens is 198 g/mol. The molecule has 16 heavy (non-hydrogen) atoms. The summed E-state index contributed by atoms with van der Waals surface area (Å²) in [5, 5.41) is 8.32. The Morgan fingerprint density at radius 2 is 2.19 bits per heavy atom. The van der Waals surface area contributed by atoms with Crippen molar-refractivity contribution in [2.24, 2.45) is 0 Å². The summed E-state index contributed by atoms with van der Waals surface area (Å²) in [5.41, 5.74) is 3.35. The van der Waals surface area contributed by atoms with Crippen LogP contribution in [0.1, 0.15) is 25.3 Å². The SMILES string of the molecule is CCCCn1cc(-c2cccc(C)c2)nn1. The molecule has 0 aliphatic rings. The van der Waals surface area contributed by atoms with Crippen LogP contribution in [0.25, 0.3) is 11.3 Å². The second-order valence-electron chi connectivity index (χ2n) is 4.09. The fraction of sp³-hybridized carbons (Fsp3) is 0.385. The third-order valence-corrected chi connectivity index (χ3v) is 2.59. The van der Waals surface area contributed by atoms with Crippen molar-refractivity contribution in [3.63, 3.8) is 0 Å². The van der Waals surface area contributed by atoms with Crippen LogP contribution in [0.4, 0.5) is 0 Å². The van der Waals surface area contributed by atoms with Crippen molar-refractivity contribution < 1.29 is 0 Å². The highest BCUT2D eigenvalue weighted by Gasteiger charge is 2.03. The lowest BCUT2D eigenvalue weighted by atomic mass is 10.1. The molecule has 2 aromatic rings. The van der Waals surface area contributed by atoms with E-state index < -0.39 is 0 Å². The molecule has 0 aliphatic heterocycles. The highest BCUT2D eigenvalue weighted by molar-refractivity contribution is 5.58. The van der Waals surface area contributed by atoms with Crippen molar-refractivity contribution in [2.45, 2.75) is 33.2 Å². The fourth-order valence-electron chi connectivity index (χ4n) is 1.66. The van der Waals surface area contributed by atoms with Gasteiger partial charge < -0.3 is 0 Å². The fourth-order valence-corrected chi connectivity index (χ4v) is 1.66. The van der Waals surface area contributed by atoms with Gasteiger partial charge in [0.2, 0.25) is 0 Å². The van der Waals surface area contributed by atoms with E-state index in [2.05, 4.69) is 48.4 Å². The summed E-state index contributed by atoms with van der Waals surface area (Å²) in [6.07, 6.45) is 4.35. The molecule has 0 atom stereocenters. The molecule has 0 aliphatic carbocycles. The molecule has 0 bridgehead atoms. The normalized spacial score (nSPS) is 10.6. The minimum absolute atomic E-state index is 0.954. The maximum atomic E-state index is 4.19. The zero-order valence-corrected chi connectivity index (χ0v) is 9.85. The maximum Gasteiger partial charge on any atom is 0.113 e. The van der Waals surface area contributed by atoms with Gasteiger partial charge in [-0.25, -0.2) is 0 Å². The largest absolute Gasteiger partial charge is 0.252 e. The lowest BCUT2D eigenvalue weighted by Gasteiger charge is -1.97. The molecule has 2 rings (SSSR count). The van der Waals surface area contributed by atoms with E-state index in [0.717, 1.165) is 24.2 Å². The summed E-state index contributed by atoms with van der Waals surface area (Å²) in [5.74, 6) is 0. The molecule has 3 nitrogen and oxygen atoms in total. The Hall–Kier alpha value is -1.64. The minimum Gasteiger partial charge on any atom is -0.252 e. The Labute approximate surface area is 96.1 Å². The van der Waals surface area contributed by atoms with Crippen LogP contribution in [0.3, 0.4) is 0 Å². The number of rotatable bonds is 4. The van der Waals surface area contributed by atoms with Gasteiger partial charge in [0.05, 0.1) is 6.20 Å². The first-order chi connectivity index (χ1) is 7.79. The first kappa shape index (κ1) is 10.9. The zero-order chi connectivity index (χ0) is 11.4. The van der Waals surface area contributed by atoms with E-state index in [9.17, 15) is 0 Å². The van der Waals surface area contributed by atoms with Gasteiger partial charge in [-0.2, -0.15) is 0 Å². The Morgan fingerprint density at radius 3 is 2.94 bits per heavy atom. The molecule has 0 saturated heterocycles. The van der Waals surface area contributed by atoms with E-state index in [1.54, 1.807) is 0 Å². The molecule has 1 aromatic carbocycles. The summed E-state index contributed by atoms with van der Waals surface area (Å²) < 4.78 is 1.92. The third kappa shape index (κ3) is 2.48. The number of hydrogen-bond donors (Lipinski definition) is 0. The standard InChI is InChI=1S/C13H17N3/c1-3-4-8-16-10-13(14-15-16)12-7-5-6-11(2)9-12/h5-7,9-10H,3-4,8H2,1-2H3. The van der Waals surface area contributed by atoms with Crippen LogP contribution in [0, 0.1) is 6.92 Å². The summed E-state index contributed by atoms with van der Waals surface area (Å²) in [6, 6.07) is 8.34. The molecular formula is C13H17N3. The summed E-state index contributed by atoms with van der Waals surface area (Å²) in [6.45, 7) is 5.22. The van der Waals surface area contributed by atoms with Gasteiger partial charge in [0.1, 0.15) is 5.69 Å². The van der Waals surface area contributed by atoms with Gasteiger partial charge in [0.25, 0.3) is 0 Å². The van der Waals surface area contributed by atoms with E-state index in [-0.39, 0.29) is 0 Å². The quantitative estimate of drug-likeness (QED) is 0.784. The van der Waals surface area contributed by atoms with E-state index in [4.69, 9.17) is 0 Å². The molecule has 0 radical (unpaired) electrons. The summed E-state index contributed by atoms with van der Waals surface area (Å²) in [4.78, 5) is 0. The average molecular weight is 215 g/mol. The molecule has 0 N–H and O–H groups in total. The van der Waals surface area contributed by atoms with Crippen molar-refractivity contribution in [3.05, 3.63) is 36.0 Å². The Balaban J connectivity index is 2.18. The molecule has 0 fully saturated rings. The Morgan fingerprint density at radius 1 is 1.31 bits per heavy atom. The predicted molar refractivity (Wildman–Crippen MR) is 65.1 cm³/mol. The number of aryl methyl sites for hydroxylation is 2. The molecule has 0 spiro atoms. The molecule has 0 saturated carbocycles. The molecule has 0 unspecified atom stereocenters. The highest BCUT2D eigenvalue weighted by atomic mass is 15.4. The van der Waals surface area contributed by atoms with Gasteiger partial charge in [-0.3, -0.25) is 4.68 Å². The molecule has 0 amide bonds. The summed E-state index contributed by atoms with van der Waals surface area (Å²) in [7, 11) is 0. The summed E-state index contributed by atoms with van der Waals surface area (Å²) >= 11 is 0. The van der Waals surface area contributed by atoms with Crippen LogP contribution in [0.15, 0.2) is 30.5 Å². The smallest absolute Gasteiger partial charge is 0.113 e. The molecule has 84 valence electrons. The maximum absolute atomic E-state index is 4.19. The lowest BCUT2D eigenvalue weighted by molar-refractivity contribution is 0.553. The van der Waals surface area contributed by atoms with Gasteiger partial charge in [0.15, 0.2) is 0 Å². The Kier molecular flexibility index (Phi) is 3.34. The number of unbranched alkanes of at least 4 members (excludes halogenated alkanes) is 1. The second-order valence-corrected chi connectivity index (χ2v) is 4.09. The van der Waals surface area contributed by atoms with E-state index in [1.165, 1.54) is 12.0 Å². The van der Waals surface area contributed by atoms with Crippen LogP contribution in [-0.2, 0) is 6.54 Å². The second kappa shape index (κ2) is 4.92. The lowest BCUT2D eigenvalue weighted by Crippen LogP contribution is -1.97. The van der Waals surface area contributed by atoms with Crippen molar-refractivity contribution >= 4 is 0 Å². The number of benzene rings is 1. The van der Waals surface area contributed by atoms with E-state index in [1.807, 2.05) is 10.9 Å². The van der Waals surface area contributed by atoms with Crippen LogP contribution in [0.2, 0.25) is 0 Å². The van der Waals surface area contributed by atoms with E-state index >= 15 is 0 Å². The van der Waals surface area contributed by atoms with Crippen molar-refractivity contribution in [1.82, 2.24) is 15.0 Å². The average Bonchev–Trinajstić information content (AvgIpc) is 2.75. The van der Waals surface area contributed by atoms with Crippen molar-refractivity contribution in [2.75, 3.05) is 0 Å². The predicted octanol–water partition coefficient (Wildman–Crippen LogP) is 3.05. The van der Waals surface area contributed by atoms with Crippen LogP contribution >= 0.6 is 0 Å². The van der Waals surface area contributed by atoms with Gasteiger partial charge in [-0.05, 0) is 19.4 Å². The molecule has 3 heteroatoms. The van der Waals surface area contributed by atoms with Crippen LogP contribution < -0.4 is 0 Å². The molecule has 1 aromatic heterocycles. The third-order valence-electron chi connectivity index (χ3n) is 2.59. The van der Waals surface area contributed by atoms with E-state index in [0.29, 0.717) is 0 Å². The highest BCUT2D eigenvalue weighted by Crippen LogP contribution is 2.17. The Bertz CT molecular complexity index is 460. The van der Waals surface area contributed by atoms with Gasteiger partial charge in [-0.15, -0.1) is 5.10 Å². The molecule has 1 heterocycles. The first-order valence-corrected chi connectivity index (χ1v) is 5.77. The number of aromatic nitrogens is 3. The number of nitrogens with zero attached hydrogens (tertiary/aromatic N) is 3. The van der Waals surface area contributed by atoms with Crippen molar-refractivity contribution in [3.8, 4) is 11.3 Å². The number of hydrogen-bond acceptors (Lipinski definition) is 2. The monoisotopic (exact) mass is 215 g/mol. The van der Waals surface area contributed by atoms with Crippen LogP contribution in [-0.4, -0.2) is 15.0 Å². The van der Waals surface area contributed by atoms with Crippen LogP contribution in [0.5, 0.6) is 0 Å². The zero-order valence-electron chi connectivity index (χ0n) is 9.85. The van der Waals surface area contributed by atoms with Gasteiger partial charge in [0, 0.05) is 12.1 Å². The minimum atomic E-state index is 0.954. The van der Waals surface area contributed by atoms with Gasteiger partial charge >= 0.3 is 0 Å².